The molecule has 0 saturated heterocycles. The lowest BCUT2D eigenvalue weighted by atomic mass is 10.1. The van der Waals surface area contributed by atoms with E-state index in [1.54, 1.807) is 0 Å². The van der Waals surface area contributed by atoms with Gasteiger partial charge in [-0.3, -0.25) is 0 Å². The fourth-order valence-electron chi connectivity index (χ4n) is 2.67. The zero-order valence-electron chi connectivity index (χ0n) is 12.6. The van der Waals surface area contributed by atoms with Crippen molar-refractivity contribution < 1.29 is 36.2 Å². The average molecular weight is 415 g/mol. The second-order valence-electron chi connectivity index (χ2n) is 5.55. The molecule has 2 aromatic rings. The second kappa shape index (κ2) is 6.54. The largest absolute Gasteiger partial charge is 0.457 e. The lowest BCUT2D eigenvalue weighted by Gasteiger charge is -2.17. The van der Waals surface area contributed by atoms with Crippen LogP contribution < -0.4 is 4.74 Å². The summed E-state index contributed by atoms with van der Waals surface area (Å²) in [6, 6.07) is 5.16. The van der Waals surface area contributed by atoms with Gasteiger partial charge in [0.2, 0.25) is 0 Å². The van der Waals surface area contributed by atoms with Crippen molar-refractivity contribution in [1.82, 2.24) is 0 Å². The molecule has 0 bridgehead atoms. The molecular weight excluding hydrogens is 406 g/mol. The molecule has 0 fully saturated rings. The first-order chi connectivity index (χ1) is 12.0. The first-order valence-electron chi connectivity index (χ1n) is 7.07. The van der Waals surface area contributed by atoms with Gasteiger partial charge in [0, 0.05) is 33.5 Å². The smallest absolute Gasteiger partial charge is 0.446 e. The van der Waals surface area contributed by atoms with E-state index in [1.165, 1.54) is 6.07 Å². The molecule has 3 rings (SSSR count). The summed E-state index contributed by atoms with van der Waals surface area (Å²) in [5.74, 6) is -4.70. The number of alkyl halides is 5. The predicted molar refractivity (Wildman–Crippen MR) is 83.4 cm³/mol. The Morgan fingerprint density at radius 1 is 1.19 bits per heavy atom. The van der Waals surface area contributed by atoms with Gasteiger partial charge >= 0.3 is 5.51 Å². The van der Waals surface area contributed by atoms with E-state index in [2.05, 4.69) is 0 Å². The van der Waals surface area contributed by atoms with Crippen molar-refractivity contribution in [3.05, 3.63) is 52.3 Å². The van der Waals surface area contributed by atoms with Gasteiger partial charge in [0.05, 0.1) is 0 Å². The fraction of sp³-hybridized carbons (Fsp3) is 0.250. The van der Waals surface area contributed by atoms with Crippen LogP contribution in [0.2, 0.25) is 5.02 Å². The molecule has 0 saturated carbocycles. The van der Waals surface area contributed by atoms with Gasteiger partial charge in [0.25, 0.3) is 5.92 Å². The van der Waals surface area contributed by atoms with Gasteiger partial charge < -0.3 is 9.84 Å². The number of thioether (sulfide) groups is 1. The third kappa shape index (κ3) is 3.89. The van der Waals surface area contributed by atoms with E-state index in [1.807, 2.05) is 0 Å². The molecule has 140 valence electrons. The molecule has 0 amide bonds. The molecule has 0 heterocycles. The summed E-state index contributed by atoms with van der Waals surface area (Å²) in [5, 5.41) is 9.79. The molecule has 2 nitrogen and oxygen atoms in total. The third-order valence-electron chi connectivity index (χ3n) is 3.65. The average Bonchev–Trinajstić information content (AvgIpc) is 2.70. The number of halogens is 7. The number of hydrogen-bond donors (Lipinski definition) is 1. The molecule has 10 heteroatoms. The Morgan fingerprint density at radius 2 is 1.88 bits per heavy atom. The Balaban J connectivity index is 2.06. The Labute approximate surface area is 152 Å². The molecule has 2 aromatic carbocycles. The van der Waals surface area contributed by atoms with Gasteiger partial charge in [-0.05, 0) is 36.0 Å². The Kier molecular flexibility index (Phi) is 4.83. The van der Waals surface area contributed by atoms with Gasteiger partial charge in [-0.25, -0.2) is 13.2 Å². The van der Waals surface area contributed by atoms with Crippen LogP contribution in [0.1, 0.15) is 17.2 Å². The quantitative estimate of drug-likeness (QED) is 0.485. The van der Waals surface area contributed by atoms with E-state index in [4.69, 9.17) is 16.3 Å². The highest BCUT2D eigenvalue weighted by atomic mass is 35.5. The highest BCUT2D eigenvalue weighted by molar-refractivity contribution is 8.00. The molecule has 1 aliphatic carbocycles. The monoisotopic (exact) mass is 414 g/mol. The molecule has 0 unspecified atom stereocenters. The number of fused-ring (bicyclic) bond motifs is 1. The van der Waals surface area contributed by atoms with E-state index in [0.29, 0.717) is 0 Å². The molecule has 1 N–H and O–H groups in total. The SMILES string of the molecule is O[C@H]1c2c(SC(F)(F)F)ccc(Oc3cc(F)cc(Cl)c3)c2CC1(F)F. The van der Waals surface area contributed by atoms with Gasteiger partial charge in [-0.1, -0.05) is 11.6 Å². The van der Waals surface area contributed by atoms with Gasteiger partial charge in [0.1, 0.15) is 23.4 Å². The lowest BCUT2D eigenvalue weighted by Crippen LogP contribution is -2.21. The molecular formula is C16H9ClF6O2S. The summed E-state index contributed by atoms with van der Waals surface area (Å²) in [6.07, 6.45) is -3.41. The van der Waals surface area contributed by atoms with E-state index in [0.717, 1.165) is 24.3 Å². The number of aliphatic hydroxyl groups is 1. The molecule has 0 spiro atoms. The standard InChI is InChI=1S/C16H9ClF6O2S/c17-7-3-8(18)5-9(4-7)25-11-1-2-12(26-16(21,22)23)13-10(11)6-15(19,20)14(13)24/h1-5,14,24H,6H2/t14-/m0/s1. The van der Waals surface area contributed by atoms with E-state index in [9.17, 15) is 31.4 Å². The van der Waals surface area contributed by atoms with Crippen molar-refractivity contribution in [1.29, 1.82) is 0 Å². The first-order valence-corrected chi connectivity index (χ1v) is 8.27. The van der Waals surface area contributed by atoms with Crippen molar-refractivity contribution >= 4 is 23.4 Å². The number of benzene rings is 2. The summed E-state index contributed by atoms with van der Waals surface area (Å²) in [7, 11) is 0. The molecule has 0 aromatic heterocycles. The third-order valence-corrected chi connectivity index (χ3v) is 4.68. The van der Waals surface area contributed by atoms with Crippen LogP contribution in [-0.2, 0) is 6.42 Å². The van der Waals surface area contributed by atoms with E-state index < -0.39 is 52.0 Å². The van der Waals surface area contributed by atoms with Crippen molar-refractivity contribution in [2.75, 3.05) is 0 Å². The van der Waals surface area contributed by atoms with Gasteiger partial charge in [-0.15, -0.1) is 0 Å². The van der Waals surface area contributed by atoms with Crippen LogP contribution >= 0.6 is 23.4 Å². The summed E-state index contributed by atoms with van der Waals surface area (Å²) >= 11 is 5.09. The van der Waals surface area contributed by atoms with E-state index in [-0.39, 0.29) is 22.1 Å². The first kappa shape index (κ1) is 19.2. The maximum atomic E-state index is 13.9. The maximum absolute atomic E-state index is 13.9. The summed E-state index contributed by atoms with van der Waals surface area (Å²) in [4.78, 5) is -0.540. The number of rotatable bonds is 3. The molecule has 1 aliphatic rings. The minimum absolute atomic E-state index is 0.00810. The maximum Gasteiger partial charge on any atom is 0.446 e. The summed E-state index contributed by atoms with van der Waals surface area (Å²) in [6.45, 7) is 0. The van der Waals surface area contributed by atoms with Crippen LogP contribution in [0.25, 0.3) is 0 Å². The Bertz CT molecular complexity index is 835. The molecule has 1 atom stereocenters. The minimum Gasteiger partial charge on any atom is -0.457 e. The zero-order chi connectivity index (χ0) is 19.3. The topological polar surface area (TPSA) is 29.5 Å². The fourth-order valence-corrected chi connectivity index (χ4v) is 3.61. The van der Waals surface area contributed by atoms with Crippen molar-refractivity contribution in [3.63, 3.8) is 0 Å². The van der Waals surface area contributed by atoms with Crippen LogP contribution in [0, 0.1) is 5.82 Å². The predicted octanol–water partition coefficient (Wildman–Crippen LogP) is 6.11. The zero-order valence-corrected chi connectivity index (χ0v) is 14.2. The van der Waals surface area contributed by atoms with Gasteiger partial charge in [0.15, 0.2) is 0 Å². The van der Waals surface area contributed by atoms with Crippen molar-refractivity contribution in [3.8, 4) is 11.5 Å². The molecule has 0 aliphatic heterocycles. The van der Waals surface area contributed by atoms with Crippen LogP contribution in [0.4, 0.5) is 26.3 Å². The molecule has 26 heavy (non-hydrogen) atoms. The Hall–Kier alpha value is -1.58. The highest BCUT2D eigenvalue weighted by Crippen LogP contribution is 2.52. The second-order valence-corrected chi connectivity index (χ2v) is 7.09. The lowest BCUT2D eigenvalue weighted by molar-refractivity contribution is -0.0977. The van der Waals surface area contributed by atoms with Crippen LogP contribution in [-0.4, -0.2) is 16.5 Å². The number of aliphatic hydroxyl groups excluding tert-OH is 1. The van der Waals surface area contributed by atoms with Crippen molar-refractivity contribution in [2.24, 2.45) is 0 Å². The summed E-state index contributed by atoms with van der Waals surface area (Å²) in [5.41, 5.74) is -5.53. The summed E-state index contributed by atoms with van der Waals surface area (Å²) < 4.78 is 84.6. The highest BCUT2D eigenvalue weighted by Gasteiger charge is 2.50. The van der Waals surface area contributed by atoms with E-state index >= 15 is 0 Å². The number of ether oxygens (including phenoxy) is 1. The number of hydrogen-bond acceptors (Lipinski definition) is 3. The van der Waals surface area contributed by atoms with Crippen LogP contribution in [0.3, 0.4) is 0 Å². The van der Waals surface area contributed by atoms with Crippen LogP contribution in [0.5, 0.6) is 11.5 Å². The van der Waals surface area contributed by atoms with Gasteiger partial charge in [-0.2, -0.15) is 13.2 Å². The minimum atomic E-state index is -4.72. The Morgan fingerprint density at radius 3 is 2.50 bits per heavy atom. The van der Waals surface area contributed by atoms with Crippen molar-refractivity contribution in [2.45, 2.75) is 28.9 Å². The normalized spacial score (nSPS) is 18.7. The molecule has 0 radical (unpaired) electrons. The van der Waals surface area contributed by atoms with Crippen LogP contribution in [0.15, 0.2) is 35.2 Å².